The molecule has 0 aliphatic heterocycles. The minimum absolute atomic E-state index is 0.402. The summed E-state index contributed by atoms with van der Waals surface area (Å²) in [6.45, 7) is 1.08. The molecule has 3 atom stereocenters. The zero-order valence-electron chi connectivity index (χ0n) is 8.14. The van der Waals surface area contributed by atoms with Gasteiger partial charge in [0.1, 0.15) is 6.04 Å². The zero-order chi connectivity index (χ0) is 10.8. The molecule has 5 heteroatoms. The number of rotatable bonds is 2. The maximum Gasteiger partial charge on any atom is 0.403 e. The molecule has 0 aromatic rings. The van der Waals surface area contributed by atoms with Gasteiger partial charge in [0.25, 0.3) is 0 Å². The van der Waals surface area contributed by atoms with E-state index in [1.807, 2.05) is 0 Å². The first-order chi connectivity index (χ1) is 6.41. The Morgan fingerprint density at radius 3 is 2.36 bits per heavy atom. The van der Waals surface area contributed by atoms with Gasteiger partial charge in [-0.3, -0.25) is 0 Å². The number of nitrogens with one attached hydrogen (secondary N) is 1. The summed E-state index contributed by atoms with van der Waals surface area (Å²) in [6.07, 6.45) is -1.84. The van der Waals surface area contributed by atoms with Gasteiger partial charge in [0.05, 0.1) is 6.10 Å². The lowest BCUT2D eigenvalue weighted by molar-refractivity contribution is -0.155. The van der Waals surface area contributed by atoms with E-state index in [-0.39, 0.29) is 0 Å². The molecule has 1 saturated carbocycles. The topological polar surface area (TPSA) is 32.3 Å². The molecule has 0 radical (unpaired) electrons. The van der Waals surface area contributed by atoms with E-state index >= 15 is 0 Å². The molecule has 14 heavy (non-hydrogen) atoms. The van der Waals surface area contributed by atoms with Gasteiger partial charge in [0, 0.05) is 6.04 Å². The predicted octanol–water partition coefficient (Wildman–Crippen LogP) is 1.83. The maximum absolute atomic E-state index is 12.2. The molecule has 0 saturated heterocycles. The Hall–Kier alpha value is -0.290. The number of aliphatic hydroxyl groups is 1. The van der Waals surface area contributed by atoms with Crippen molar-refractivity contribution in [3.63, 3.8) is 0 Å². The molecule has 0 spiro atoms. The van der Waals surface area contributed by atoms with Crippen molar-refractivity contribution in [1.29, 1.82) is 0 Å². The molecule has 1 aliphatic rings. The second-order valence-electron chi connectivity index (χ2n) is 3.89. The third-order valence-electron chi connectivity index (χ3n) is 2.68. The lowest BCUT2D eigenvalue weighted by Crippen LogP contribution is -2.51. The molecule has 1 rings (SSSR count). The van der Waals surface area contributed by atoms with E-state index in [1.54, 1.807) is 0 Å². The number of alkyl halides is 3. The van der Waals surface area contributed by atoms with Gasteiger partial charge in [-0.15, -0.1) is 0 Å². The number of hydrogen-bond donors (Lipinski definition) is 2. The van der Waals surface area contributed by atoms with Crippen molar-refractivity contribution in [1.82, 2.24) is 5.32 Å². The van der Waals surface area contributed by atoms with Gasteiger partial charge in [-0.05, 0) is 19.8 Å². The Morgan fingerprint density at radius 2 is 1.86 bits per heavy atom. The van der Waals surface area contributed by atoms with Crippen molar-refractivity contribution in [2.24, 2.45) is 0 Å². The summed E-state index contributed by atoms with van der Waals surface area (Å²) in [7, 11) is 0. The van der Waals surface area contributed by atoms with Gasteiger partial charge in [-0.2, -0.15) is 13.2 Å². The van der Waals surface area contributed by atoms with Crippen LogP contribution in [-0.4, -0.2) is 29.5 Å². The van der Waals surface area contributed by atoms with E-state index in [4.69, 9.17) is 0 Å². The van der Waals surface area contributed by atoms with Crippen molar-refractivity contribution >= 4 is 0 Å². The lowest BCUT2D eigenvalue weighted by Gasteiger charge is -2.31. The van der Waals surface area contributed by atoms with Crippen LogP contribution in [0.25, 0.3) is 0 Å². The molecule has 2 N–H and O–H groups in total. The Kier molecular flexibility index (Phi) is 3.78. The van der Waals surface area contributed by atoms with Crippen LogP contribution >= 0.6 is 0 Å². The summed E-state index contributed by atoms with van der Waals surface area (Å²) in [5.74, 6) is 0. The van der Waals surface area contributed by atoms with Crippen LogP contribution in [0.3, 0.4) is 0 Å². The molecule has 2 nitrogen and oxygen atoms in total. The van der Waals surface area contributed by atoms with Crippen LogP contribution in [-0.2, 0) is 0 Å². The summed E-state index contributed by atoms with van der Waals surface area (Å²) < 4.78 is 36.6. The zero-order valence-corrected chi connectivity index (χ0v) is 8.14. The normalized spacial score (nSPS) is 31.5. The fourth-order valence-corrected chi connectivity index (χ4v) is 1.72. The summed E-state index contributed by atoms with van der Waals surface area (Å²) >= 11 is 0. The molecular weight excluding hydrogens is 195 g/mol. The smallest absolute Gasteiger partial charge is 0.392 e. The van der Waals surface area contributed by atoms with Crippen LogP contribution < -0.4 is 5.32 Å². The lowest BCUT2D eigenvalue weighted by atomic mass is 9.92. The first kappa shape index (κ1) is 11.8. The van der Waals surface area contributed by atoms with Gasteiger partial charge in [-0.25, -0.2) is 0 Å². The first-order valence-corrected chi connectivity index (χ1v) is 4.92. The van der Waals surface area contributed by atoms with Crippen LogP contribution in [0.5, 0.6) is 0 Å². The summed E-state index contributed by atoms with van der Waals surface area (Å²) in [5, 5.41) is 11.9. The van der Waals surface area contributed by atoms with Gasteiger partial charge in [0.2, 0.25) is 0 Å². The molecule has 0 bridgehead atoms. The van der Waals surface area contributed by atoms with E-state index < -0.39 is 24.4 Å². The quantitative estimate of drug-likeness (QED) is 0.730. The molecule has 0 amide bonds. The molecular formula is C9H16F3NO. The first-order valence-electron chi connectivity index (χ1n) is 4.92. The molecule has 0 unspecified atom stereocenters. The van der Waals surface area contributed by atoms with E-state index in [9.17, 15) is 18.3 Å². The van der Waals surface area contributed by atoms with Crippen LogP contribution in [0.15, 0.2) is 0 Å². The summed E-state index contributed by atoms with van der Waals surface area (Å²) in [4.78, 5) is 0. The van der Waals surface area contributed by atoms with Crippen LogP contribution in [0.4, 0.5) is 13.2 Å². The fourth-order valence-electron chi connectivity index (χ4n) is 1.72. The van der Waals surface area contributed by atoms with Crippen molar-refractivity contribution in [2.75, 3.05) is 0 Å². The highest BCUT2D eigenvalue weighted by Crippen LogP contribution is 2.24. The van der Waals surface area contributed by atoms with Crippen LogP contribution in [0, 0.1) is 0 Å². The van der Waals surface area contributed by atoms with Crippen LogP contribution in [0.2, 0.25) is 0 Å². The second kappa shape index (κ2) is 4.49. The Balaban J connectivity index is 2.42. The predicted molar refractivity (Wildman–Crippen MR) is 46.9 cm³/mol. The van der Waals surface area contributed by atoms with Gasteiger partial charge in [0.15, 0.2) is 0 Å². The molecule has 0 heterocycles. The largest absolute Gasteiger partial charge is 0.403 e. The van der Waals surface area contributed by atoms with Crippen molar-refractivity contribution in [3.05, 3.63) is 0 Å². The van der Waals surface area contributed by atoms with Crippen molar-refractivity contribution < 1.29 is 18.3 Å². The number of aliphatic hydroxyl groups excluding tert-OH is 1. The van der Waals surface area contributed by atoms with Gasteiger partial charge >= 0.3 is 6.18 Å². The average Bonchev–Trinajstić information content (AvgIpc) is 2.07. The number of hydrogen-bond acceptors (Lipinski definition) is 2. The molecule has 1 fully saturated rings. The standard InChI is InChI=1S/C9H16F3NO/c1-6(9(10,11)12)13-7-4-2-3-5-8(7)14/h6-8,13-14H,2-5H2,1H3/t6-,7+,8+/m1/s1. The Labute approximate surface area is 81.5 Å². The van der Waals surface area contributed by atoms with Crippen LogP contribution in [0.1, 0.15) is 32.6 Å². The van der Waals surface area contributed by atoms with Gasteiger partial charge in [-0.1, -0.05) is 12.8 Å². The fraction of sp³-hybridized carbons (Fsp3) is 1.00. The minimum Gasteiger partial charge on any atom is -0.392 e. The molecule has 84 valence electrons. The molecule has 0 aromatic carbocycles. The highest BCUT2D eigenvalue weighted by molar-refractivity contribution is 4.84. The van der Waals surface area contributed by atoms with E-state index in [0.717, 1.165) is 19.8 Å². The highest BCUT2D eigenvalue weighted by atomic mass is 19.4. The third-order valence-corrected chi connectivity index (χ3v) is 2.68. The van der Waals surface area contributed by atoms with E-state index in [0.29, 0.717) is 12.8 Å². The Bertz CT molecular complexity index is 183. The summed E-state index contributed by atoms with van der Waals surface area (Å²) in [5.41, 5.74) is 0. The monoisotopic (exact) mass is 211 g/mol. The van der Waals surface area contributed by atoms with E-state index in [1.165, 1.54) is 0 Å². The average molecular weight is 211 g/mol. The van der Waals surface area contributed by atoms with Crippen molar-refractivity contribution in [2.45, 2.75) is 57.0 Å². The van der Waals surface area contributed by atoms with E-state index in [2.05, 4.69) is 5.32 Å². The molecule has 1 aliphatic carbocycles. The molecule has 0 aromatic heterocycles. The minimum atomic E-state index is -4.23. The summed E-state index contributed by atoms with van der Waals surface area (Å²) in [6, 6.07) is -1.94. The third kappa shape index (κ3) is 3.13. The van der Waals surface area contributed by atoms with Gasteiger partial charge < -0.3 is 10.4 Å². The highest BCUT2D eigenvalue weighted by Gasteiger charge is 2.38. The second-order valence-corrected chi connectivity index (χ2v) is 3.89. The van der Waals surface area contributed by atoms with Crippen molar-refractivity contribution in [3.8, 4) is 0 Å². The Morgan fingerprint density at radius 1 is 1.29 bits per heavy atom. The number of halogens is 3. The SMILES string of the molecule is C[C@@H](N[C@H]1CCCC[C@@H]1O)C(F)(F)F. The maximum atomic E-state index is 12.2.